The maximum Gasteiger partial charge on any atom is 0.394 e. The van der Waals surface area contributed by atoms with E-state index in [1.165, 1.54) is 31.9 Å². The van der Waals surface area contributed by atoms with Gasteiger partial charge >= 0.3 is 12.0 Å². The molecule has 19 heavy (non-hydrogen) atoms. The van der Waals surface area contributed by atoms with Crippen LogP contribution in [-0.2, 0) is 4.74 Å². The maximum atomic E-state index is 11.3. The molecule has 0 fully saturated rings. The van der Waals surface area contributed by atoms with Crippen molar-refractivity contribution in [2.45, 2.75) is 52.4 Å². The molecular weight excluding hydrogens is 246 g/mol. The summed E-state index contributed by atoms with van der Waals surface area (Å²) in [6.45, 7) is 4.83. The molecule has 0 bridgehead atoms. The van der Waals surface area contributed by atoms with Crippen LogP contribution < -0.4 is 4.74 Å². The number of hydrogen-bond donors (Lipinski definition) is 0. The fourth-order valence-corrected chi connectivity index (χ4v) is 1.66. The largest absolute Gasteiger partial charge is 0.461 e. The first kappa shape index (κ1) is 15.5. The van der Waals surface area contributed by atoms with Crippen molar-refractivity contribution in [3.05, 3.63) is 12.0 Å². The number of nitrogens with zero attached hydrogens (tertiary/aromatic N) is 1. The van der Waals surface area contributed by atoms with Gasteiger partial charge in [0.25, 0.3) is 0 Å². The number of oxazole rings is 1. The second-order valence-corrected chi connectivity index (χ2v) is 4.34. The number of ether oxygens (including phenoxy) is 2. The topological polar surface area (TPSA) is 61.6 Å². The number of carbonyl (C=O) groups is 1. The highest BCUT2D eigenvalue weighted by Gasteiger charge is 2.13. The minimum Gasteiger partial charge on any atom is -0.461 e. The second-order valence-electron chi connectivity index (χ2n) is 4.34. The van der Waals surface area contributed by atoms with Gasteiger partial charge in [0.2, 0.25) is 0 Å². The van der Waals surface area contributed by atoms with Crippen LogP contribution in [0.4, 0.5) is 0 Å². The van der Waals surface area contributed by atoms with E-state index in [0.717, 1.165) is 12.8 Å². The van der Waals surface area contributed by atoms with E-state index in [1.54, 1.807) is 6.92 Å². The number of esters is 1. The minimum atomic E-state index is -0.485. The molecule has 0 saturated heterocycles. The second kappa shape index (κ2) is 9.42. The Balaban J connectivity index is 2.14. The van der Waals surface area contributed by atoms with Crippen molar-refractivity contribution < 1.29 is 18.7 Å². The molecule has 0 unspecified atom stereocenters. The number of hydrogen-bond acceptors (Lipinski definition) is 5. The third-order valence-electron chi connectivity index (χ3n) is 2.69. The SMILES string of the molecule is CCCCCCCCOc1nc(C(=O)OCC)co1. The van der Waals surface area contributed by atoms with Gasteiger partial charge in [0.1, 0.15) is 6.26 Å². The number of aromatic nitrogens is 1. The number of rotatable bonds is 10. The Bertz CT molecular complexity index is 362. The summed E-state index contributed by atoms with van der Waals surface area (Å²) in [5.74, 6) is -0.485. The average molecular weight is 269 g/mol. The Morgan fingerprint density at radius 3 is 2.68 bits per heavy atom. The molecule has 0 aromatic carbocycles. The lowest BCUT2D eigenvalue weighted by Crippen LogP contribution is -2.05. The van der Waals surface area contributed by atoms with E-state index >= 15 is 0 Å². The van der Waals surface area contributed by atoms with Crippen molar-refractivity contribution in [3.63, 3.8) is 0 Å². The van der Waals surface area contributed by atoms with Crippen LogP contribution >= 0.6 is 0 Å². The summed E-state index contributed by atoms with van der Waals surface area (Å²) >= 11 is 0. The molecule has 0 radical (unpaired) electrons. The van der Waals surface area contributed by atoms with E-state index in [1.807, 2.05) is 0 Å². The molecule has 0 aliphatic carbocycles. The minimum absolute atomic E-state index is 0.136. The van der Waals surface area contributed by atoms with Gasteiger partial charge in [-0.2, -0.15) is 4.98 Å². The zero-order valence-corrected chi connectivity index (χ0v) is 11.8. The van der Waals surface area contributed by atoms with Gasteiger partial charge in [0.15, 0.2) is 5.69 Å². The number of unbranched alkanes of at least 4 members (excludes halogenated alkanes) is 5. The van der Waals surface area contributed by atoms with Crippen LogP contribution in [-0.4, -0.2) is 24.2 Å². The van der Waals surface area contributed by atoms with Crippen LogP contribution in [0.15, 0.2) is 10.7 Å². The van der Waals surface area contributed by atoms with Crippen molar-refractivity contribution in [3.8, 4) is 6.08 Å². The smallest absolute Gasteiger partial charge is 0.394 e. The Kier molecular flexibility index (Phi) is 7.70. The van der Waals surface area contributed by atoms with E-state index in [0.29, 0.717) is 13.2 Å². The lowest BCUT2D eigenvalue weighted by Gasteiger charge is -2.01. The summed E-state index contributed by atoms with van der Waals surface area (Å²) < 4.78 is 15.2. The van der Waals surface area contributed by atoms with E-state index in [-0.39, 0.29) is 11.8 Å². The summed E-state index contributed by atoms with van der Waals surface area (Å²) in [4.78, 5) is 15.2. The van der Waals surface area contributed by atoms with Crippen LogP contribution in [0.25, 0.3) is 0 Å². The van der Waals surface area contributed by atoms with Gasteiger partial charge in [-0.25, -0.2) is 4.79 Å². The standard InChI is InChI=1S/C14H23NO4/c1-3-5-6-7-8-9-10-18-14-15-12(11-19-14)13(16)17-4-2/h11H,3-10H2,1-2H3. The van der Waals surface area contributed by atoms with Crippen LogP contribution in [0, 0.1) is 0 Å². The van der Waals surface area contributed by atoms with Crippen molar-refractivity contribution >= 4 is 5.97 Å². The van der Waals surface area contributed by atoms with Crippen LogP contribution in [0.2, 0.25) is 0 Å². The van der Waals surface area contributed by atoms with Gasteiger partial charge in [-0.1, -0.05) is 39.0 Å². The Morgan fingerprint density at radius 2 is 1.95 bits per heavy atom. The van der Waals surface area contributed by atoms with Gasteiger partial charge in [-0.3, -0.25) is 0 Å². The first-order valence-electron chi connectivity index (χ1n) is 7.03. The van der Waals surface area contributed by atoms with Crippen LogP contribution in [0.3, 0.4) is 0 Å². The van der Waals surface area contributed by atoms with Crippen LogP contribution in [0.1, 0.15) is 62.9 Å². The van der Waals surface area contributed by atoms with Crippen molar-refractivity contribution in [1.29, 1.82) is 0 Å². The van der Waals surface area contributed by atoms with E-state index in [4.69, 9.17) is 13.9 Å². The van der Waals surface area contributed by atoms with Crippen molar-refractivity contribution in [1.82, 2.24) is 4.98 Å². The molecule has 5 heteroatoms. The van der Waals surface area contributed by atoms with Gasteiger partial charge in [-0.15, -0.1) is 0 Å². The summed E-state index contributed by atoms with van der Waals surface area (Å²) in [5.41, 5.74) is 0.153. The molecule has 5 nitrogen and oxygen atoms in total. The predicted molar refractivity (Wildman–Crippen MR) is 71.3 cm³/mol. The Labute approximate surface area is 114 Å². The fourth-order valence-electron chi connectivity index (χ4n) is 1.66. The summed E-state index contributed by atoms with van der Waals surface area (Å²) in [5, 5.41) is 0. The monoisotopic (exact) mass is 269 g/mol. The highest BCUT2D eigenvalue weighted by atomic mass is 16.6. The summed E-state index contributed by atoms with van der Waals surface area (Å²) in [6, 6.07) is 0. The molecule has 1 rings (SSSR count). The molecule has 0 amide bonds. The van der Waals surface area contributed by atoms with E-state index in [9.17, 15) is 4.79 Å². The van der Waals surface area contributed by atoms with Gasteiger partial charge in [0.05, 0.1) is 13.2 Å². The first-order chi connectivity index (χ1) is 9.27. The third kappa shape index (κ3) is 6.27. The summed E-state index contributed by atoms with van der Waals surface area (Å²) in [6.07, 6.45) is 8.57. The molecule has 1 aromatic rings. The summed E-state index contributed by atoms with van der Waals surface area (Å²) in [7, 11) is 0. The van der Waals surface area contributed by atoms with Crippen molar-refractivity contribution in [2.24, 2.45) is 0 Å². The molecule has 0 aliphatic rings. The van der Waals surface area contributed by atoms with E-state index < -0.39 is 5.97 Å². The number of carbonyl (C=O) groups excluding carboxylic acids is 1. The van der Waals surface area contributed by atoms with E-state index in [2.05, 4.69) is 11.9 Å². The molecule has 0 saturated carbocycles. The third-order valence-corrected chi connectivity index (χ3v) is 2.69. The van der Waals surface area contributed by atoms with Gasteiger partial charge < -0.3 is 13.9 Å². The fraction of sp³-hybridized carbons (Fsp3) is 0.714. The predicted octanol–water partition coefficient (Wildman–Crippen LogP) is 3.59. The lowest BCUT2D eigenvalue weighted by molar-refractivity contribution is 0.0519. The molecule has 108 valence electrons. The molecule has 0 aliphatic heterocycles. The normalized spacial score (nSPS) is 10.4. The first-order valence-corrected chi connectivity index (χ1v) is 7.03. The van der Waals surface area contributed by atoms with Gasteiger partial charge in [-0.05, 0) is 13.3 Å². The highest BCUT2D eigenvalue weighted by molar-refractivity contribution is 5.86. The van der Waals surface area contributed by atoms with Crippen molar-refractivity contribution in [2.75, 3.05) is 13.2 Å². The molecule has 0 atom stereocenters. The van der Waals surface area contributed by atoms with Gasteiger partial charge in [0, 0.05) is 0 Å². The highest BCUT2D eigenvalue weighted by Crippen LogP contribution is 2.12. The van der Waals surface area contributed by atoms with Crippen LogP contribution in [0.5, 0.6) is 6.08 Å². The molecule has 1 heterocycles. The lowest BCUT2D eigenvalue weighted by atomic mass is 10.1. The quantitative estimate of drug-likeness (QED) is 0.480. The average Bonchev–Trinajstić information content (AvgIpc) is 2.87. The zero-order valence-electron chi connectivity index (χ0n) is 11.8. The Morgan fingerprint density at radius 1 is 1.21 bits per heavy atom. The maximum absolute atomic E-state index is 11.3. The molecule has 1 aromatic heterocycles. The zero-order chi connectivity index (χ0) is 13.9. The molecular formula is C14H23NO4. The molecule has 0 spiro atoms. The molecule has 0 N–H and O–H groups in total. The Hall–Kier alpha value is -1.52.